The molecule has 1 aromatic heterocycles. The van der Waals surface area contributed by atoms with E-state index in [1.807, 2.05) is 6.92 Å². The van der Waals surface area contributed by atoms with Gasteiger partial charge in [0.1, 0.15) is 0 Å². The fourth-order valence-electron chi connectivity index (χ4n) is 2.27. The molecule has 0 aliphatic rings. The molecule has 1 atom stereocenters. The van der Waals surface area contributed by atoms with Crippen molar-refractivity contribution in [1.29, 1.82) is 0 Å². The fourth-order valence-corrected chi connectivity index (χ4v) is 2.88. The number of thiazole rings is 1. The van der Waals surface area contributed by atoms with Gasteiger partial charge in [0.05, 0.1) is 10.7 Å². The van der Waals surface area contributed by atoms with E-state index in [4.69, 9.17) is 0 Å². The van der Waals surface area contributed by atoms with Crippen molar-refractivity contribution >= 4 is 11.3 Å². The number of aromatic nitrogens is 1. The number of nitrogens with zero attached hydrogens (tertiary/aromatic N) is 1. The van der Waals surface area contributed by atoms with Crippen LogP contribution in [-0.4, -0.2) is 4.98 Å². The lowest BCUT2D eigenvalue weighted by Crippen LogP contribution is -2.32. The summed E-state index contributed by atoms with van der Waals surface area (Å²) in [6.07, 6.45) is 0. The highest BCUT2D eigenvalue weighted by Crippen LogP contribution is 2.32. The van der Waals surface area contributed by atoms with Crippen molar-refractivity contribution in [2.75, 3.05) is 0 Å². The second kappa shape index (κ2) is 5.85. The van der Waals surface area contributed by atoms with Crippen LogP contribution in [0.15, 0.2) is 35.7 Å². The van der Waals surface area contributed by atoms with Gasteiger partial charge < -0.3 is 5.32 Å². The molecule has 1 unspecified atom stereocenters. The Bertz CT molecular complexity index is 511. The molecule has 0 aliphatic carbocycles. The molecule has 1 N–H and O–H groups in total. The van der Waals surface area contributed by atoms with Gasteiger partial charge in [-0.3, -0.25) is 0 Å². The van der Waals surface area contributed by atoms with Gasteiger partial charge in [0.15, 0.2) is 0 Å². The van der Waals surface area contributed by atoms with E-state index in [-0.39, 0.29) is 5.41 Å². The second-order valence-corrected chi connectivity index (χ2v) is 7.01. The smallest absolute Gasteiger partial charge is 0.0897 e. The molecular weight excluding hydrogens is 252 g/mol. The third-order valence-corrected chi connectivity index (χ3v) is 3.98. The number of benzene rings is 1. The van der Waals surface area contributed by atoms with E-state index < -0.39 is 0 Å². The third-order valence-electron chi connectivity index (χ3n) is 3.15. The van der Waals surface area contributed by atoms with Crippen LogP contribution < -0.4 is 5.32 Å². The van der Waals surface area contributed by atoms with E-state index in [2.05, 4.69) is 66.8 Å². The molecule has 0 saturated carbocycles. The Morgan fingerprint density at radius 3 is 2.42 bits per heavy atom. The summed E-state index contributed by atoms with van der Waals surface area (Å²) >= 11 is 1.71. The molecule has 2 aromatic rings. The number of hydrogen-bond acceptors (Lipinski definition) is 3. The van der Waals surface area contributed by atoms with Crippen molar-refractivity contribution in [3.05, 3.63) is 52.0 Å². The summed E-state index contributed by atoms with van der Waals surface area (Å²) in [6, 6.07) is 11.0. The normalized spacial score (nSPS) is 13.5. The van der Waals surface area contributed by atoms with Crippen LogP contribution >= 0.6 is 11.3 Å². The van der Waals surface area contributed by atoms with Gasteiger partial charge in [0, 0.05) is 18.0 Å². The molecule has 0 fully saturated rings. The van der Waals surface area contributed by atoms with Crippen molar-refractivity contribution in [1.82, 2.24) is 10.3 Å². The minimum atomic E-state index is 0.173. The third kappa shape index (κ3) is 3.88. The predicted octanol–water partition coefficient (Wildman–Crippen LogP) is 4.33. The van der Waals surface area contributed by atoms with Gasteiger partial charge in [-0.15, -0.1) is 11.3 Å². The monoisotopic (exact) mass is 274 g/mol. The summed E-state index contributed by atoms with van der Waals surface area (Å²) in [4.78, 5) is 4.51. The molecule has 0 aliphatic heterocycles. The average molecular weight is 274 g/mol. The van der Waals surface area contributed by atoms with E-state index in [0.29, 0.717) is 6.04 Å². The summed E-state index contributed by atoms with van der Waals surface area (Å²) < 4.78 is 0. The van der Waals surface area contributed by atoms with E-state index in [9.17, 15) is 0 Å². The number of hydrogen-bond donors (Lipinski definition) is 1. The molecule has 3 heteroatoms. The first-order valence-corrected chi connectivity index (χ1v) is 7.54. The summed E-state index contributed by atoms with van der Waals surface area (Å²) in [7, 11) is 0. The van der Waals surface area contributed by atoms with Gasteiger partial charge in [-0.1, -0.05) is 51.1 Å². The summed E-state index contributed by atoms with van der Waals surface area (Å²) in [5.41, 5.74) is 2.64. The molecule has 0 bridgehead atoms. The maximum absolute atomic E-state index is 4.51. The predicted molar refractivity (Wildman–Crippen MR) is 82.3 cm³/mol. The molecule has 0 saturated heterocycles. The topological polar surface area (TPSA) is 24.9 Å². The van der Waals surface area contributed by atoms with Gasteiger partial charge in [0.2, 0.25) is 0 Å². The average Bonchev–Trinajstić information content (AvgIpc) is 2.75. The van der Waals surface area contributed by atoms with E-state index in [1.54, 1.807) is 11.3 Å². The van der Waals surface area contributed by atoms with Crippen LogP contribution in [0.3, 0.4) is 0 Å². The zero-order valence-electron chi connectivity index (χ0n) is 12.1. The quantitative estimate of drug-likeness (QED) is 0.897. The largest absolute Gasteiger partial charge is 0.304 e. The van der Waals surface area contributed by atoms with Crippen molar-refractivity contribution in [2.24, 2.45) is 5.41 Å². The van der Waals surface area contributed by atoms with Crippen LogP contribution in [0.5, 0.6) is 0 Å². The van der Waals surface area contributed by atoms with Gasteiger partial charge >= 0.3 is 0 Å². The lowest BCUT2D eigenvalue weighted by Gasteiger charge is -2.32. The Kier molecular flexibility index (Phi) is 4.38. The van der Waals surface area contributed by atoms with Crippen LogP contribution in [0.4, 0.5) is 0 Å². The lowest BCUT2D eigenvalue weighted by atomic mass is 9.82. The van der Waals surface area contributed by atoms with Crippen molar-refractivity contribution in [2.45, 2.75) is 40.3 Å². The van der Waals surface area contributed by atoms with Gasteiger partial charge in [0.25, 0.3) is 0 Å². The summed E-state index contributed by atoms with van der Waals surface area (Å²) in [5.74, 6) is 0. The molecule has 102 valence electrons. The summed E-state index contributed by atoms with van der Waals surface area (Å²) in [5, 5.41) is 6.91. The van der Waals surface area contributed by atoms with Crippen LogP contribution in [0.25, 0.3) is 0 Å². The standard InChI is InChI=1S/C16H22N2S/c1-12-18-14(11-19-12)10-17-15(16(2,3)4)13-8-6-5-7-9-13/h5-9,11,15,17H,10H2,1-4H3. The summed E-state index contributed by atoms with van der Waals surface area (Å²) in [6.45, 7) is 9.67. The maximum Gasteiger partial charge on any atom is 0.0897 e. The van der Waals surface area contributed by atoms with Gasteiger partial charge in [-0.05, 0) is 17.9 Å². The zero-order valence-corrected chi connectivity index (χ0v) is 12.9. The highest BCUT2D eigenvalue weighted by Gasteiger charge is 2.25. The maximum atomic E-state index is 4.51. The first kappa shape index (κ1) is 14.2. The molecule has 0 spiro atoms. The Balaban J connectivity index is 2.11. The Morgan fingerprint density at radius 1 is 1.21 bits per heavy atom. The zero-order chi connectivity index (χ0) is 13.9. The molecule has 1 heterocycles. The highest BCUT2D eigenvalue weighted by molar-refractivity contribution is 7.09. The van der Waals surface area contributed by atoms with Gasteiger partial charge in [-0.25, -0.2) is 4.98 Å². The van der Waals surface area contributed by atoms with Crippen molar-refractivity contribution in [3.8, 4) is 0 Å². The van der Waals surface area contributed by atoms with E-state index in [0.717, 1.165) is 17.2 Å². The molecule has 19 heavy (non-hydrogen) atoms. The van der Waals surface area contributed by atoms with Crippen molar-refractivity contribution in [3.63, 3.8) is 0 Å². The van der Waals surface area contributed by atoms with Crippen LogP contribution in [-0.2, 0) is 6.54 Å². The highest BCUT2D eigenvalue weighted by atomic mass is 32.1. The number of rotatable bonds is 4. The molecule has 2 nitrogen and oxygen atoms in total. The molecule has 2 rings (SSSR count). The molecular formula is C16H22N2S. The Morgan fingerprint density at radius 2 is 1.89 bits per heavy atom. The minimum Gasteiger partial charge on any atom is -0.304 e. The number of aryl methyl sites for hydroxylation is 1. The molecule has 0 amide bonds. The molecule has 0 radical (unpaired) electrons. The first-order valence-electron chi connectivity index (χ1n) is 6.66. The SMILES string of the molecule is Cc1nc(CNC(c2ccccc2)C(C)(C)C)cs1. The van der Waals surface area contributed by atoms with E-state index >= 15 is 0 Å². The van der Waals surface area contributed by atoms with Crippen LogP contribution in [0.1, 0.15) is 43.1 Å². The number of nitrogens with one attached hydrogen (secondary N) is 1. The van der Waals surface area contributed by atoms with Crippen molar-refractivity contribution < 1.29 is 0 Å². The van der Waals surface area contributed by atoms with E-state index in [1.165, 1.54) is 5.56 Å². The fraction of sp³-hybridized carbons (Fsp3) is 0.438. The Labute approximate surface area is 119 Å². The van der Waals surface area contributed by atoms with Crippen LogP contribution in [0, 0.1) is 12.3 Å². The first-order chi connectivity index (χ1) is 8.97. The second-order valence-electron chi connectivity index (χ2n) is 5.95. The molecule has 1 aromatic carbocycles. The Hall–Kier alpha value is -1.19. The van der Waals surface area contributed by atoms with Gasteiger partial charge in [-0.2, -0.15) is 0 Å². The lowest BCUT2D eigenvalue weighted by molar-refractivity contribution is 0.270. The van der Waals surface area contributed by atoms with Crippen LogP contribution in [0.2, 0.25) is 0 Å². The minimum absolute atomic E-state index is 0.173.